The lowest BCUT2D eigenvalue weighted by molar-refractivity contribution is 0.686. The molecular weight excluding hydrogens is 290 g/mol. The molecule has 3 radical (unpaired) electrons. The summed E-state index contributed by atoms with van der Waals surface area (Å²) in [6, 6.07) is 0. The van der Waals surface area contributed by atoms with Crippen molar-refractivity contribution in [1.82, 2.24) is 0 Å². The molecule has 0 aliphatic heterocycles. The van der Waals surface area contributed by atoms with Gasteiger partial charge in [0, 0.05) is 18.9 Å². The predicted octanol–water partition coefficient (Wildman–Crippen LogP) is 4.95. The molecule has 3 heteroatoms. The highest BCUT2D eigenvalue weighted by Gasteiger charge is 2.37. The molecule has 0 aromatic heterocycles. The van der Waals surface area contributed by atoms with E-state index in [1.165, 1.54) is 12.8 Å². The number of allylic oxidation sites excluding steroid dienone is 4. The van der Waals surface area contributed by atoms with Crippen molar-refractivity contribution in [2.75, 3.05) is 12.0 Å². The third kappa shape index (κ3) is 4.56. The van der Waals surface area contributed by atoms with Crippen LogP contribution in [0.1, 0.15) is 40.0 Å². The minimum atomic E-state index is -0.0301. The molecule has 0 aromatic carbocycles. The van der Waals surface area contributed by atoms with Gasteiger partial charge in [0.15, 0.2) is 0 Å². The van der Waals surface area contributed by atoms with Crippen molar-refractivity contribution in [2.45, 2.75) is 50.3 Å². The van der Waals surface area contributed by atoms with E-state index in [0.29, 0.717) is 10.3 Å². The van der Waals surface area contributed by atoms with Crippen LogP contribution in [0.25, 0.3) is 0 Å². The summed E-state index contributed by atoms with van der Waals surface area (Å²) in [6.07, 6.45) is 13.3. The SMILES string of the molecule is CP(C(C)(C)C)C1(CCCBr)C=CCC=C1.[B]. The van der Waals surface area contributed by atoms with Crippen LogP contribution in [0.3, 0.4) is 0 Å². The highest BCUT2D eigenvalue weighted by Crippen LogP contribution is 2.60. The number of halogens is 1. The van der Waals surface area contributed by atoms with Crippen LogP contribution >= 0.6 is 23.9 Å². The first-order valence-corrected chi connectivity index (χ1v) is 8.99. The lowest BCUT2D eigenvalue weighted by atomic mass is 9.97. The fourth-order valence-electron chi connectivity index (χ4n) is 2.21. The van der Waals surface area contributed by atoms with Gasteiger partial charge in [-0.1, -0.05) is 68.9 Å². The molecule has 1 atom stereocenters. The van der Waals surface area contributed by atoms with Gasteiger partial charge in [0.05, 0.1) is 0 Å². The summed E-state index contributed by atoms with van der Waals surface area (Å²) >= 11 is 3.56. The lowest BCUT2D eigenvalue weighted by Crippen LogP contribution is -2.30. The average Bonchev–Trinajstić information content (AvgIpc) is 2.25. The van der Waals surface area contributed by atoms with Crippen molar-refractivity contribution < 1.29 is 0 Å². The Morgan fingerprint density at radius 3 is 2.18 bits per heavy atom. The maximum atomic E-state index is 3.56. The Bertz CT molecular complexity index is 266. The molecule has 0 nitrogen and oxygen atoms in total. The van der Waals surface area contributed by atoms with E-state index in [-0.39, 0.29) is 16.3 Å². The summed E-state index contributed by atoms with van der Waals surface area (Å²) in [7, 11) is -0.0301. The van der Waals surface area contributed by atoms with Gasteiger partial charge in [0.25, 0.3) is 0 Å². The van der Waals surface area contributed by atoms with Gasteiger partial charge in [-0.3, -0.25) is 0 Å². The van der Waals surface area contributed by atoms with Gasteiger partial charge in [0.1, 0.15) is 0 Å². The molecule has 95 valence electrons. The third-order valence-corrected chi connectivity index (χ3v) is 7.77. The quantitative estimate of drug-likeness (QED) is 0.298. The van der Waals surface area contributed by atoms with Crippen LogP contribution in [-0.2, 0) is 0 Å². The Morgan fingerprint density at radius 1 is 1.24 bits per heavy atom. The molecule has 1 aliphatic carbocycles. The molecule has 0 aromatic rings. The van der Waals surface area contributed by atoms with E-state index < -0.39 is 0 Å². The van der Waals surface area contributed by atoms with E-state index in [0.717, 1.165) is 11.8 Å². The van der Waals surface area contributed by atoms with Crippen LogP contribution in [0.2, 0.25) is 0 Å². The first kappa shape index (κ1) is 17.5. The maximum absolute atomic E-state index is 3.56. The summed E-state index contributed by atoms with van der Waals surface area (Å²) in [5.41, 5.74) is 0. The van der Waals surface area contributed by atoms with Gasteiger partial charge in [-0.05, 0) is 31.1 Å². The van der Waals surface area contributed by atoms with E-state index >= 15 is 0 Å². The van der Waals surface area contributed by atoms with Crippen molar-refractivity contribution in [3.05, 3.63) is 24.3 Å². The average molecular weight is 314 g/mol. The van der Waals surface area contributed by atoms with Crippen LogP contribution < -0.4 is 0 Å². The second kappa shape index (κ2) is 7.14. The number of hydrogen-bond acceptors (Lipinski definition) is 0. The first-order chi connectivity index (χ1) is 7.42. The molecule has 1 unspecified atom stereocenters. The third-order valence-electron chi connectivity index (χ3n) is 3.43. The van der Waals surface area contributed by atoms with Gasteiger partial charge in [0.2, 0.25) is 0 Å². The highest BCUT2D eigenvalue weighted by molar-refractivity contribution is 9.09. The van der Waals surface area contributed by atoms with Crippen molar-refractivity contribution in [1.29, 1.82) is 0 Å². The molecule has 0 saturated heterocycles. The van der Waals surface area contributed by atoms with Crippen molar-refractivity contribution in [2.24, 2.45) is 0 Å². The summed E-state index contributed by atoms with van der Waals surface area (Å²) in [6.45, 7) is 9.60. The first-order valence-electron chi connectivity index (χ1n) is 6.08. The zero-order valence-corrected chi connectivity index (χ0v) is 14.0. The Kier molecular flexibility index (Phi) is 7.34. The smallest absolute Gasteiger partial charge is 0.0265 e. The topological polar surface area (TPSA) is 0 Å². The Labute approximate surface area is 119 Å². The zero-order valence-electron chi connectivity index (χ0n) is 11.5. The molecule has 1 aliphatic rings. The van der Waals surface area contributed by atoms with Crippen LogP contribution in [-0.4, -0.2) is 30.7 Å². The fraction of sp³-hybridized carbons (Fsp3) is 0.714. The fourth-order valence-corrected chi connectivity index (χ4v) is 4.89. The second-order valence-corrected chi connectivity index (χ2v) is 9.64. The normalized spacial score (nSPS) is 19.8. The van der Waals surface area contributed by atoms with Crippen LogP contribution in [0, 0.1) is 0 Å². The Hall–Kier alpha value is 0.455. The van der Waals surface area contributed by atoms with E-state index in [1.54, 1.807) is 0 Å². The maximum Gasteiger partial charge on any atom is 0.0265 e. The molecular formula is C14H24BBrP. The monoisotopic (exact) mass is 313 g/mol. The van der Waals surface area contributed by atoms with Gasteiger partial charge in [-0.15, -0.1) is 0 Å². The summed E-state index contributed by atoms with van der Waals surface area (Å²) in [4.78, 5) is 0. The van der Waals surface area contributed by atoms with E-state index in [2.05, 4.69) is 67.7 Å². The highest BCUT2D eigenvalue weighted by atomic mass is 79.9. The summed E-state index contributed by atoms with van der Waals surface area (Å²) in [5, 5.41) is 1.89. The van der Waals surface area contributed by atoms with Gasteiger partial charge >= 0.3 is 0 Å². The standard InChI is InChI=1S/C14H24BrP.B/c1-13(2,3)16(4)14(11-8-12-15)9-6-5-7-10-14;/h6-7,9-10H,5,8,11-12H2,1-4H3;. The van der Waals surface area contributed by atoms with E-state index in [1.807, 2.05) is 0 Å². The minimum Gasteiger partial charge on any atom is -0.0928 e. The van der Waals surface area contributed by atoms with E-state index in [9.17, 15) is 0 Å². The number of hydrogen-bond donors (Lipinski definition) is 0. The molecule has 0 amide bonds. The van der Waals surface area contributed by atoms with Crippen LogP contribution in [0.4, 0.5) is 0 Å². The van der Waals surface area contributed by atoms with Gasteiger partial charge in [-0.2, -0.15) is 0 Å². The van der Waals surface area contributed by atoms with Gasteiger partial charge in [-0.25, -0.2) is 0 Å². The summed E-state index contributed by atoms with van der Waals surface area (Å²) in [5.74, 6) is 0. The second-order valence-electron chi connectivity index (χ2n) is 5.55. The van der Waals surface area contributed by atoms with Gasteiger partial charge < -0.3 is 0 Å². The Balaban J connectivity index is 0.00000256. The molecule has 0 N–H and O–H groups in total. The molecule has 17 heavy (non-hydrogen) atoms. The number of rotatable bonds is 4. The lowest BCUT2D eigenvalue weighted by Gasteiger charge is -2.43. The molecule has 0 fully saturated rings. The van der Waals surface area contributed by atoms with Crippen molar-refractivity contribution >= 4 is 32.3 Å². The molecule has 0 bridgehead atoms. The van der Waals surface area contributed by atoms with Crippen molar-refractivity contribution in [3.8, 4) is 0 Å². The Morgan fingerprint density at radius 2 is 1.76 bits per heavy atom. The van der Waals surface area contributed by atoms with Crippen molar-refractivity contribution in [3.63, 3.8) is 0 Å². The largest absolute Gasteiger partial charge is 0.0928 e. The molecule has 0 heterocycles. The predicted molar refractivity (Wildman–Crippen MR) is 87.0 cm³/mol. The van der Waals surface area contributed by atoms with Crippen LogP contribution in [0.5, 0.6) is 0 Å². The molecule has 1 rings (SSSR count). The summed E-state index contributed by atoms with van der Waals surface area (Å²) < 4.78 is 0. The van der Waals surface area contributed by atoms with E-state index in [4.69, 9.17) is 0 Å². The minimum absolute atomic E-state index is 0. The van der Waals surface area contributed by atoms with Crippen LogP contribution in [0.15, 0.2) is 24.3 Å². The zero-order chi connectivity index (χ0) is 12.2. The molecule has 0 saturated carbocycles. The number of alkyl halides is 1. The molecule has 0 spiro atoms.